The SMILES string of the molecule is CCCCC1C(c2ccc(C)cc2)=NN(c2ccccc2)C1(C)C(=O)NC(C)(C)CO.CCCCC1C(c2ccc(C)cc2)=NN(c2ccccc2)C1(C)C(=O)NCCCCCCO.CCCCC1C(c2ccc(C)cc2)=NN(c2ccccc2)C1(C)C(=O)NCCCCO.CCCCC1C(c2ccc(C)cc2)=NN(c2ccccc2)C1(C)C(=O)NCc1ccc(O)cc1. The second kappa shape index (κ2) is 47.6. The maximum atomic E-state index is 13.9. The number of rotatable bonds is 38. The third-order valence-corrected chi connectivity index (χ3v) is 25.7. The van der Waals surface area contributed by atoms with Gasteiger partial charge in [-0.3, -0.25) is 19.2 Å². The molecule has 9 aromatic carbocycles. The Kier molecular flexibility index (Phi) is 36.8. The van der Waals surface area contributed by atoms with E-state index in [1.165, 1.54) is 22.3 Å². The van der Waals surface area contributed by atoms with Crippen LogP contribution >= 0.6 is 0 Å². The quantitative estimate of drug-likeness (QED) is 0.0168. The Hall–Kier alpha value is -11.6. The topological polar surface area (TPSA) is 260 Å². The molecule has 0 saturated heterocycles. The van der Waals surface area contributed by atoms with Crippen molar-refractivity contribution in [3.05, 3.63) is 293 Å². The summed E-state index contributed by atoms with van der Waals surface area (Å²) in [6.07, 6.45) is 17.0. The van der Waals surface area contributed by atoms with E-state index in [0.29, 0.717) is 26.1 Å². The van der Waals surface area contributed by atoms with Crippen molar-refractivity contribution >= 4 is 69.2 Å². The molecule has 0 radical (unpaired) electrons. The zero-order chi connectivity index (χ0) is 92.7. The molecule has 0 aromatic heterocycles. The van der Waals surface area contributed by atoms with Crippen LogP contribution in [-0.2, 0) is 25.7 Å². The number of carbonyl (C=O) groups excluding carboxylic acids is 4. The maximum absolute atomic E-state index is 13.9. The van der Waals surface area contributed by atoms with E-state index in [2.05, 4.69) is 174 Å². The number of phenolic OH excluding ortho intramolecular Hbond substituents is 1. The summed E-state index contributed by atoms with van der Waals surface area (Å²) in [5, 5.41) is 77.9. The van der Waals surface area contributed by atoms with E-state index in [-0.39, 0.29) is 72.9 Å². The van der Waals surface area contributed by atoms with Crippen LogP contribution in [0.1, 0.15) is 235 Å². The van der Waals surface area contributed by atoms with Gasteiger partial charge in [0.1, 0.15) is 27.9 Å². The summed E-state index contributed by atoms with van der Waals surface area (Å²) < 4.78 is 0. The van der Waals surface area contributed by atoms with Crippen molar-refractivity contribution in [3.63, 3.8) is 0 Å². The standard InChI is InChI=1S/C29H33N3O2.C28H39N3O2.2C26H35N3O2/c1-4-5-11-26-27(23-16-12-21(2)13-17-23)31-32(24-9-7-6-8-10-24)29(26,3)28(34)30-20-22-14-18-25(33)19-15-22;1-4-5-15-25-26(23-18-16-22(2)17-19-23)30-31(24-13-9-8-10-14-24)28(25,3)27(33)29-20-11-6-7-12-21-32;1-6-7-13-22-23(20-16-14-19(2)15-17-20)28-29(21-11-9-8-10-12-21)26(22,5)24(31)27-25(3,4)18-30;1-4-5-13-23-24(21-16-14-20(2)15-17-21)28-29(22-11-7-6-8-12-22)26(23,3)25(31)27-18-9-10-19-30/h6-10,12-19,26,33H,4-5,11,20H2,1-3H3,(H,30,34);8-10,13-14,16-19,25,32H,4-7,11-12,15,20-21H2,1-3H3,(H,29,33);8-12,14-17,22,30H,6-7,13,18H2,1-5H3,(H,27,31);6-8,11-12,14-17,23,30H,4-5,9-10,13,18-19H2,1-3H3,(H,27,31). The van der Waals surface area contributed by atoms with Crippen molar-refractivity contribution in [1.29, 1.82) is 0 Å². The van der Waals surface area contributed by atoms with Crippen molar-refractivity contribution in [2.75, 3.05) is 52.9 Å². The Morgan fingerprint density at radius 3 is 0.860 bits per heavy atom. The number of aliphatic hydroxyl groups is 3. The van der Waals surface area contributed by atoms with Gasteiger partial charge in [0.05, 0.1) is 57.7 Å². The van der Waals surface area contributed by atoms with E-state index >= 15 is 0 Å². The highest BCUT2D eigenvalue weighted by Crippen LogP contribution is 2.47. The maximum Gasteiger partial charge on any atom is 0.248 e. The molecule has 20 nitrogen and oxygen atoms in total. The Bertz CT molecular complexity index is 5130. The highest BCUT2D eigenvalue weighted by molar-refractivity contribution is 6.14. The number of hydrazone groups is 4. The Labute approximate surface area is 767 Å². The molecular formula is C109H142N12O8. The van der Waals surface area contributed by atoms with Gasteiger partial charge in [0.2, 0.25) is 23.6 Å². The van der Waals surface area contributed by atoms with Crippen molar-refractivity contribution in [2.24, 2.45) is 44.1 Å². The summed E-state index contributed by atoms with van der Waals surface area (Å²) in [6.45, 7) is 30.6. The molecular weight excluding hydrogens is 1610 g/mol. The van der Waals surface area contributed by atoms with E-state index in [9.17, 15) is 29.4 Å². The average Bonchev–Trinajstić information content (AvgIpc) is 1.60. The van der Waals surface area contributed by atoms with Crippen molar-refractivity contribution in [2.45, 2.75) is 247 Å². The Balaban J connectivity index is 0.000000179. The Morgan fingerprint density at radius 2 is 0.589 bits per heavy atom. The first kappa shape index (κ1) is 99.6. The number of amides is 4. The molecule has 13 rings (SSSR count). The van der Waals surface area contributed by atoms with E-state index in [1.54, 1.807) is 12.1 Å². The number of aliphatic hydroxyl groups excluding tert-OH is 3. The zero-order valence-electron chi connectivity index (χ0n) is 78.9. The number of anilines is 4. The third-order valence-electron chi connectivity index (χ3n) is 25.7. The van der Waals surface area contributed by atoms with E-state index in [4.69, 9.17) is 30.6 Å². The van der Waals surface area contributed by atoms with E-state index in [0.717, 1.165) is 183 Å². The molecule has 0 saturated carbocycles. The summed E-state index contributed by atoms with van der Waals surface area (Å²) in [5.74, 6) is -0.118. The lowest BCUT2D eigenvalue weighted by Gasteiger charge is -2.40. The van der Waals surface area contributed by atoms with Gasteiger partial charge >= 0.3 is 0 Å². The molecule has 4 aliphatic rings. The lowest BCUT2D eigenvalue weighted by molar-refractivity contribution is -0.129. The van der Waals surface area contributed by atoms with Crippen LogP contribution in [0, 0.1) is 51.4 Å². The normalized spacial score (nSPS) is 20.3. The first-order valence-electron chi connectivity index (χ1n) is 47.0. The van der Waals surface area contributed by atoms with Crippen LogP contribution in [0.25, 0.3) is 0 Å². The van der Waals surface area contributed by atoms with Gasteiger partial charge in [-0.05, 0) is 209 Å². The highest BCUT2D eigenvalue weighted by atomic mass is 16.3. The van der Waals surface area contributed by atoms with Crippen LogP contribution < -0.4 is 41.3 Å². The lowest BCUT2D eigenvalue weighted by atomic mass is 9.76. The summed E-state index contributed by atoms with van der Waals surface area (Å²) in [4.78, 5) is 55.1. The number of aryl methyl sites for hydroxylation is 4. The number of phenols is 1. The van der Waals surface area contributed by atoms with Gasteiger partial charge in [-0.1, -0.05) is 296 Å². The second-order valence-corrected chi connectivity index (χ2v) is 36.3. The van der Waals surface area contributed by atoms with Crippen molar-refractivity contribution < 1.29 is 39.6 Å². The summed E-state index contributed by atoms with van der Waals surface area (Å²) >= 11 is 0. The van der Waals surface area contributed by atoms with Gasteiger partial charge < -0.3 is 41.7 Å². The minimum Gasteiger partial charge on any atom is -0.508 e. The largest absolute Gasteiger partial charge is 0.508 e. The fourth-order valence-corrected chi connectivity index (χ4v) is 17.7. The Morgan fingerprint density at radius 1 is 0.333 bits per heavy atom. The average molecular weight is 1750 g/mol. The predicted molar refractivity (Wildman–Crippen MR) is 529 cm³/mol. The van der Waals surface area contributed by atoms with Crippen LogP contribution in [0.2, 0.25) is 0 Å². The lowest BCUT2D eigenvalue weighted by Crippen LogP contribution is -2.62. The molecule has 8 atom stereocenters. The number of nitrogens with one attached hydrogen (secondary N) is 4. The minimum absolute atomic E-state index is 0.00486. The molecule has 8 unspecified atom stereocenters. The number of nitrogens with zero attached hydrogens (tertiary/aromatic N) is 8. The number of hydrogen-bond acceptors (Lipinski definition) is 16. The van der Waals surface area contributed by atoms with Crippen LogP contribution in [0.4, 0.5) is 22.7 Å². The molecule has 0 spiro atoms. The minimum atomic E-state index is -0.914. The molecule has 0 aliphatic carbocycles. The number of benzene rings is 9. The van der Waals surface area contributed by atoms with Gasteiger partial charge in [0.25, 0.3) is 0 Å². The molecule has 8 N–H and O–H groups in total. The van der Waals surface area contributed by atoms with Crippen LogP contribution in [-0.4, -0.2) is 128 Å². The smallest absolute Gasteiger partial charge is 0.248 e. The molecule has 686 valence electrons. The summed E-state index contributed by atoms with van der Waals surface area (Å²) in [5.41, 5.74) is 13.4. The predicted octanol–water partition coefficient (Wildman–Crippen LogP) is 20.6. The monoisotopic (exact) mass is 1750 g/mol. The van der Waals surface area contributed by atoms with Gasteiger partial charge in [-0.2, -0.15) is 20.4 Å². The first-order valence-corrected chi connectivity index (χ1v) is 47.0. The molecule has 4 amide bonds. The van der Waals surface area contributed by atoms with Gasteiger partial charge in [-0.15, -0.1) is 0 Å². The molecule has 0 fully saturated rings. The van der Waals surface area contributed by atoms with Crippen molar-refractivity contribution in [3.8, 4) is 5.75 Å². The fraction of sp³-hybridized carbons (Fsp3) is 0.431. The number of hydrogen-bond donors (Lipinski definition) is 8. The number of para-hydroxylation sites is 4. The molecule has 4 aliphatic heterocycles. The molecule has 129 heavy (non-hydrogen) atoms. The summed E-state index contributed by atoms with van der Waals surface area (Å²) in [7, 11) is 0. The molecule has 20 heteroatoms. The number of aromatic hydroxyl groups is 1. The van der Waals surface area contributed by atoms with Gasteiger partial charge in [0.15, 0.2) is 0 Å². The highest BCUT2D eigenvalue weighted by Gasteiger charge is 2.58. The first-order chi connectivity index (χ1) is 62.2. The zero-order valence-corrected chi connectivity index (χ0v) is 78.9. The van der Waals surface area contributed by atoms with E-state index < -0.39 is 27.7 Å². The second-order valence-electron chi connectivity index (χ2n) is 36.3. The van der Waals surface area contributed by atoms with Crippen LogP contribution in [0.5, 0.6) is 5.75 Å². The summed E-state index contributed by atoms with van der Waals surface area (Å²) in [6, 6.07) is 80.4. The van der Waals surface area contributed by atoms with E-state index in [1.807, 2.05) is 195 Å². The number of carbonyl (C=O) groups is 4. The number of unbranched alkanes of at least 4 members (excludes halogenated alkanes) is 8. The molecule has 9 aromatic rings. The fourth-order valence-electron chi connectivity index (χ4n) is 17.7. The molecule has 0 bridgehead atoms. The van der Waals surface area contributed by atoms with Gasteiger partial charge in [-0.25, -0.2) is 20.0 Å². The van der Waals surface area contributed by atoms with Crippen LogP contribution in [0.3, 0.4) is 0 Å². The molecule has 4 heterocycles. The third kappa shape index (κ3) is 24.5. The van der Waals surface area contributed by atoms with Crippen molar-refractivity contribution in [1.82, 2.24) is 21.3 Å². The van der Waals surface area contributed by atoms with Gasteiger partial charge in [0, 0.05) is 56.5 Å². The van der Waals surface area contributed by atoms with Crippen LogP contribution in [0.15, 0.2) is 263 Å².